The van der Waals surface area contributed by atoms with Crippen LogP contribution in [0, 0.1) is 11.8 Å². The number of ether oxygens (including phenoxy) is 1. The van der Waals surface area contributed by atoms with Gasteiger partial charge < -0.3 is 9.84 Å². The van der Waals surface area contributed by atoms with Gasteiger partial charge in [0.05, 0.1) is 11.3 Å². The van der Waals surface area contributed by atoms with Crippen molar-refractivity contribution in [2.75, 3.05) is 18.7 Å². The maximum Gasteiger partial charge on any atom is 0.167 e. The Morgan fingerprint density at radius 1 is 1.21 bits per heavy atom. The largest absolute Gasteiger partial charge is 0.512 e. The SMILES string of the molecule is CCc1ccc(NO)cc1C1=C(O)CC(C2CCOCC2)CC1=O. The number of carbonyl (C=O) groups is 1. The molecule has 1 unspecified atom stereocenters. The van der Waals surface area contributed by atoms with Crippen LogP contribution in [0.25, 0.3) is 5.57 Å². The van der Waals surface area contributed by atoms with Crippen molar-refractivity contribution in [1.82, 2.24) is 0 Å². The van der Waals surface area contributed by atoms with Gasteiger partial charge in [-0.15, -0.1) is 0 Å². The summed E-state index contributed by atoms with van der Waals surface area (Å²) in [6.07, 6.45) is 3.71. The van der Waals surface area contributed by atoms with E-state index in [1.54, 1.807) is 12.1 Å². The molecule has 130 valence electrons. The van der Waals surface area contributed by atoms with E-state index in [0.29, 0.717) is 30.0 Å². The average molecular weight is 331 g/mol. The molecule has 1 aromatic rings. The van der Waals surface area contributed by atoms with Crippen LogP contribution in [0.1, 0.15) is 43.7 Å². The second-order valence-corrected chi connectivity index (χ2v) is 6.70. The number of aliphatic hydroxyl groups excluding tert-OH is 1. The Morgan fingerprint density at radius 3 is 2.58 bits per heavy atom. The normalized spacial score (nSPS) is 22.8. The van der Waals surface area contributed by atoms with Gasteiger partial charge in [-0.05, 0) is 54.4 Å². The fraction of sp³-hybridized carbons (Fsp3) is 0.526. The molecule has 0 amide bonds. The van der Waals surface area contributed by atoms with Crippen LogP contribution in [-0.2, 0) is 16.0 Å². The molecule has 1 aliphatic heterocycles. The molecule has 1 heterocycles. The molecule has 2 aliphatic rings. The maximum absolute atomic E-state index is 12.8. The summed E-state index contributed by atoms with van der Waals surface area (Å²) in [4.78, 5) is 12.8. The predicted molar refractivity (Wildman–Crippen MR) is 92.1 cm³/mol. The van der Waals surface area contributed by atoms with Gasteiger partial charge in [-0.3, -0.25) is 15.5 Å². The number of hydrogen-bond acceptors (Lipinski definition) is 5. The number of benzene rings is 1. The molecule has 3 rings (SSSR count). The van der Waals surface area contributed by atoms with E-state index in [2.05, 4.69) is 5.48 Å². The van der Waals surface area contributed by atoms with E-state index in [-0.39, 0.29) is 17.5 Å². The summed E-state index contributed by atoms with van der Waals surface area (Å²) < 4.78 is 5.40. The van der Waals surface area contributed by atoms with E-state index in [1.807, 2.05) is 13.0 Å². The average Bonchev–Trinajstić information content (AvgIpc) is 2.61. The summed E-state index contributed by atoms with van der Waals surface area (Å²) >= 11 is 0. The van der Waals surface area contributed by atoms with E-state index in [0.717, 1.165) is 43.6 Å². The molecule has 1 saturated heterocycles. The summed E-state index contributed by atoms with van der Waals surface area (Å²) in [7, 11) is 0. The number of carbonyl (C=O) groups excluding carboxylic acids is 1. The molecule has 1 atom stereocenters. The molecule has 0 saturated carbocycles. The number of ketones is 1. The third-order valence-electron chi connectivity index (χ3n) is 5.29. The molecule has 0 bridgehead atoms. The minimum Gasteiger partial charge on any atom is -0.512 e. The van der Waals surface area contributed by atoms with Gasteiger partial charge in [0.1, 0.15) is 5.76 Å². The first-order valence-corrected chi connectivity index (χ1v) is 8.70. The minimum absolute atomic E-state index is 0.0000293. The van der Waals surface area contributed by atoms with Crippen molar-refractivity contribution in [3.05, 3.63) is 35.1 Å². The highest BCUT2D eigenvalue weighted by molar-refractivity contribution is 6.22. The van der Waals surface area contributed by atoms with Gasteiger partial charge in [0.15, 0.2) is 5.78 Å². The molecule has 3 N–H and O–H groups in total. The van der Waals surface area contributed by atoms with Gasteiger partial charge >= 0.3 is 0 Å². The van der Waals surface area contributed by atoms with Crippen molar-refractivity contribution in [2.24, 2.45) is 11.8 Å². The lowest BCUT2D eigenvalue weighted by atomic mass is 9.74. The minimum atomic E-state index is 0.0000293. The fourth-order valence-electron chi connectivity index (χ4n) is 3.94. The van der Waals surface area contributed by atoms with Crippen LogP contribution < -0.4 is 5.48 Å². The predicted octanol–water partition coefficient (Wildman–Crippen LogP) is 3.72. The number of Topliss-reactive ketones (excluding diaryl/α,β-unsaturated/α-hetero) is 1. The van der Waals surface area contributed by atoms with Crippen LogP contribution in [-0.4, -0.2) is 29.3 Å². The number of allylic oxidation sites excluding steroid dienone is 2. The maximum atomic E-state index is 12.8. The smallest absolute Gasteiger partial charge is 0.167 e. The third-order valence-corrected chi connectivity index (χ3v) is 5.29. The molecule has 0 radical (unpaired) electrons. The van der Waals surface area contributed by atoms with Crippen LogP contribution in [0.2, 0.25) is 0 Å². The Morgan fingerprint density at radius 2 is 1.96 bits per heavy atom. The molecule has 0 spiro atoms. The van der Waals surface area contributed by atoms with Crippen molar-refractivity contribution in [3.8, 4) is 0 Å². The van der Waals surface area contributed by atoms with E-state index in [4.69, 9.17) is 9.94 Å². The van der Waals surface area contributed by atoms with Crippen LogP contribution in [0.3, 0.4) is 0 Å². The molecule has 5 heteroatoms. The number of hydrogen-bond donors (Lipinski definition) is 3. The first-order chi connectivity index (χ1) is 11.6. The fourth-order valence-corrected chi connectivity index (χ4v) is 3.94. The van der Waals surface area contributed by atoms with Gasteiger partial charge in [-0.2, -0.15) is 0 Å². The third kappa shape index (κ3) is 3.32. The second-order valence-electron chi connectivity index (χ2n) is 6.70. The Labute approximate surface area is 142 Å². The van der Waals surface area contributed by atoms with Crippen molar-refractivity contribution < 1.29 is 19.8 Å². The van der Waals surface area contributed by atoms with E-state index in [1.165, 1.54) is 0 Å². The number of nitrogens with one attached hydrogen (secondary N) is 1. The van der Waals surface area contributed by atoms with E-state index >= 15 is 0 Å². The summed E-state index contributed by atoms with van der Waals surface area (Å²) in [6, 6.07) is 5.38. The highest BCUT2D eigenvalue weighted by Crippen LogP contribution is 2.39. The topological polar surface area (TPSA) is 78.8 Å². The van der Waals surface area contributed by atoms with Gasteiger partial charge in [0, 0.05) is 26.1 Å². The van der Waals surface area contributed by atoms with Crippen molar-refractivity contribution in [2.45, 2.75) is 39.0 Å². The lowest BCUT2D eigenvalue weighted by molar-refractivity contribution is -0.116. The molecule has 5 nitrogen and oxygen atoms in total. The van der Waals surface area contributed by atoms with Gasteiger partial charge in [-0.1, -0.05) is 13.0 Å². The standard InChI is InChI=1S/C19H25NO4/c1-2-12-3-4-15(20-23)11-16(12)19-17(21)9-14(10-18(19)22)13-5-7-24-8-6-13/h3-4,11,13-14,20-21,23H,2,5-10H2,1H3. The Hall–Kier alpha value is -1.85. The lowest BCUT2D eigenvalue weighted by Crippen LogP contribution is -2.29. The van der Waals surface area contributed by atoms with Crippen LogP contribution in [0.4, 0.5) is 5.69 Å². The zero-order chi connectivity index (χ0) is 17.1. The quantitative estimate of drug-likeness (QED) is 0.733. The summed E-state index contributed by atoms with van der Waals surface area (Å²) in [5.74, 6) is 0.837. The monoisotopic (exact) mass is 331 g/mol. The molecule has 1 aliphatic carbocycles. The second kappa shape index (κ2) is 7.36. The van der Waals surface area contributed by atoms with Crippen molar-refractivity contribution in [3.63, 3.8) is 0 Å². The molecule has 0 aromatic heterocycles. The summed E-state index contributed by atoms with van der Waals surface area (Å²) in [6.45, 7) is 3.51. The summed E-state index contributed by atoms with van der Waals surface area (Å²) in [5.41, 5.74) is 4.78. The van der Waals surface area contributed by atoms with Crippen LogP contribution in [0.15, 0.2) is 24.0 Å². The molecule has 1 aromatic carbocycles. The number of anilines is 1. The van der Waals surface area contributed by atoms with Crippen molar-refractivity contribution >= 4 is 17.0 Å². The first-order valence-electron chi connectivity index (χ1n) is 8.70. The molecular formula is C19H25NO4. The Kier molecular flexibility index (Phi) is 5.21. The number of aliphatic hydroxyl groups is 1. The lowest BCUT2D eigenvalue weighted by Gasteiger charge is -2.33. The highest BCUT2D eigenvalue weighted by atomic mass is 16.5. The highest BCUT2D eigenvalue weighted by Gasteiger charge is 2.34. The zero-order valence-electron chi connectivity index (χ0n) is 14.0. The summed E-state index contributed by atoms with van der Waals surface area (Å²) in [5, 5.41) is 19.8. The number of rotatable bonds is 4. The molecule has 1 fully saturated rings. The van der Waals surface area contributed by atoms with Gasteiger partial charge in [0.25, 0.3) is 0 Å². The van der Waals surface area contributed by atoms with Crippen LogP contribution >= 0.6 is 0 Å². The number of aryl methyl sites for hydroxylation is 1. The molecular weight excluding hydrogens is 306 g/mol. The Balaban J connectivity index is 1.92. The van der Waals surface area contributed by atoms with Gasteiger partial charge in [-0.25, -0.2) is 0 Å². The molecule has 24 heavy (non-hydrogen) atoms. The van der Waals surface area contributed by atoms with E-state index in [9.17, 15) is 9.90 Å². The van der Waals surface area contributed by atoms with E-state index < -0.39 is 0 Å². The van der Waals surface area contributed by atoms with Gasteiger partial charge in [0.2, 0.25) is 0 Å². The first kappa shape index (κ1) is 17.0. The van der Waals surface area contributed by atoms with Crippen molar-refractivity contribution in [1.29, 1.82) is 0 Å². The van der Waals surface area contributed by atoms with Crippen LogP contribution in [0.5, 0.6) is 0 Å². The Bertz CT molecular complexity index is 647. The zero-order valence-corrected chi connectivity index (χ0v) is 14.0.